The summed E-state index contributed by atoms with van der Waals surface area (Å²) in [6.45, 7) is 1.94. The molecule has 0 spiro atoms. The topological polar surface area (TPSA) is 81.2 Å². The molecule has 3 aromatic rings. The number of aryl methyl sites for hydroxylation is 1. The smallest absolute Gasteiger partial charge is 0.291 e. The van der Waals surface area contributed by atoms with Crippen LogP contribution in [0.3, 0.4) is 0 Å². The third-order valence-corrected chi connectivity index (χ3v) is 4.55. The maximum absolute atomic E-state index is 12.0. The number of carbonyl (C=O) groups is 1. The van der Waals surface area contributed by atoms with Crippen LogP contribution in [0.25, 0.3) is 10.7 Å². The molecular formula is C15H13N3O3S. The van der Waals surface area contributed by atoms with Crippen LogP contribution in [0.15, 0.2) is 33.4 Å². The SMILES string of the molecule is Cc1sc(-c2noc(C3CC3)n2)cc1NC(=O)c1ccco1. The Morgan fingerprint density at radius 3 is 3.05 bits per heavy atom. The normalized spacial score (nSPS) is 14.2. The molecule has 112 valence electrons. The van der Waals surface area contributed by atoms with E-state index in [-0.39, 0.29) is 11.7 Å². The first-order valence-corrected chi connectivity index (χ1v) is 7.81. The summed E-state index contributed by atoms with van der Waals surface area (Å²) in [6.07, 6.45) is 3.71. The van der Waals surface area contributed by atoms with Gasteiger partial charge in [-0.3, -0.25) is 4.79 Å². The first-order chi connectivity index (χ1) is 10.7. The van der Waals surface area contributed by atoms with Crippen LogP contribution < -0.4 is 5.32 Å². The molecular weight excluding hydrogens is 302 g/mol. The third kappa shape index (κ3) is 2.43. The van der Waals surface area contributed by atoms with Crippen molar-refractivity contribution in [3.8, 4) is 10.7 Å². The van der Waals surface area contributed by atoms with Gasteiger partial charge >= 0.3 is 0 Å². The summed E-state index contributed by atoms with van der Waals surface area (Å²) in [5.41, 5.74) is 0.735. The number of amides is 1. The minimum atomic E-state index is -0.274. The zero-order valence-electron chi connectivity index (χ0n) is 11.8. The van der Waals surface area contributed by atoms with Gasteiger partial charge in [-0.25, -0.2) is 0 Å². The molecule has 1 fully saturated rings. The number of hydrogen-bond donors (Lipinski definition) is 1. The second-order valence-corrected chi connectivity index (χ2v) is 6.50. The number of thiophene rings is 1. The van der Waals surface area contributed by atoms with Gasteiger partial charge in [0.2, 0.25) is 11.7 Å². The predicted octanol–water partition coefficient (Wildman–Crippen LogP) is 3.83. The van der Waals surface area contributed by atoms with Crippen molar-refractivity contribution in [3.63, 3.8) is 0 Å². The van der Waals surface area contributed by atoms with Gasteiger partial charge in [-0.1, -0.05) is 5.16 Å². The minimum Gasteiger partial charge on any atom is -0.459 e. The van der Waals surface area contributed by atoms with Crippen LogP contribution in [0.5, 0.6) is 0 Å². The number of rotatable bonds is 4. The maximum Gasteiger partial charge on any atom is 0.291 e. The standard InChI is InChI=1S/C15H13N3O3S/c1-8-10(16-14(19)11-3-2-6-20-11)7-12(22-8)13-17-15(21-18-13)9-4-5-9/h2-3,6-7,9H,4-5H2,1H3,(H,16,19). The number of hydrogen-bond acceptors (Lipinski definition) is 6. The van der Waals surface area contributed by atoms with Gasteiger partial charge in [-0.2, -0.15) is 4.98 Å². The molecule has 0 aromatic carbocycles. The molecule has 1 aliphatic carbocycles. The van der Waals surface area contributed by atoms with Crippen LogP contribution in [-0.2, 0) is 0 Å². The van der Waals surface area contributed by atoms with Crippen molar-refractivity contribution in [1.82, 2.24) is 10.1 Å². The van der Waals surface area contributed by atoms with Crippen molar-refractivity contribution in [2.45, 2.75) is 25.7 Å². The molecule has 0 radical (unpaired) electrons. The van der Waals surface area contributed by atoms with Gasteiger partial charge in [0.15, 0.2) is 5.76 Å². The molecule has 1 aliphatic rings. The van der Waals surface area contributed by atoms with Gasteiger partial charge < -0.3 is 14.3 Å². The lowest BCUT2D eigenvalue weighted by Crippen LogP contribution is -2.10. The van der Waals surface area contributed by atoms with Crippen LogP contribution in [0.2, 0.25) is 0 Å². The number of furan rings is 1. The van der Waals surface area contributed by atoms with E-state index >= 15 is 0 Å². The van der Waals surface area contributed by atoms with E-state index in [0.717, 1.165) is 28.3 Å². The molecule has 0 unspecified atom stereocenters. The number of aromatic nitrogens is 2. The first kappa shape index (κ1) is 13.3. The summed E-state index contributed by atoms with van der Waals surface area (Å²) in [4.78, 5) is 18.3. The van der Waals surface area contributed by atoms with Gasteiger partial charge in [0.1, 0.15) is 0 Å². The van der Waals surface area contributed by atoms with Gasteiger partial charge in [0.25, 0.3) is 5.91 Å². The van der Waals surface area contributed by atoms with Crippen LogP contribution in [0.4, 0.5) is 5.69 Å². The van der Waals surface area contributed by atoms with Crippen LogP contribution in [0.1, 0.15) is 40.1 Å². The lowest BCUT2D eigenvalue weighted by atomic mass is 10.3. The van der Waals surface area contributed by atoms with E-state index in [9.17, 15) is 4.79 Å². The van der Waals surface area contributed by atoms with Crippen molar-refractivity contribution in [3.05, 3.63) is 41.0 Å². The van der Waals surface area contributed by atoms with Crippen molar-refractivity contribution in [2.24, 2.45) is 0 Å². The van der Waals surface area contributed by atoms with Crippen molar-refractivity contribution < 1.29 is 13.7 Å². The maximum atomic E-state index is 12.0. The molecule has 1 amide bonds. The molecule has 22 heavy (non-hydrogen) atoms. The fourth-order valence-corrected chi connectivity index (χ4v) is 3.04. The predicted molar refractivity (Wildman–Crippen MR) is 81.0 cm³/mol. The Morgan fingerprint density at radius 2 is 2.32 bits per heavy atom. The number of anilines is 1. The Labute approximate surface area is 130 Å². The van der Waals surface area contributed by atoms with Gasteiger partial charge in [-0.05, 0) is 38.0 Å². The lowest BCUT2D eigenvalue weighted by Gasteiger charge is -2.00. The van der Waals surface area contributed by atoms with Gasteiger partial charge in [0, 0.05) is 10.8 Å². The first-order valence-electron chi connectivity index (χ1n) is 7.00. The quantitative estimate of drug-likeness (QED) is 0.791. The van der Waals surface area contributed by atoms with E-state index in [1.807, 2.05) is 13.0 Å². The summed E-state index contributed by atoms with van der Waals surface area (Å²) in [5, 5.41) is 6.86. The van der Waals surface area contributed by atoms with Crippen LogP contribution >= 0.6 is 11.3 Å². The van der Waals surface area contributed by atoms with Crippen LogP contribution in [0, 0.1) is 6.92 Å². The van der Waals surface area contributed by atoms with E-state index < -0.39 is 0 Å². The van der Waals surface area contributed by atoms with Gasteiger partial charge in [-0.15, -0.1) is 11.3 Å². The fourth-order valence-electron chi connectivity index (χ4n) is 2.14. The second-order valence-electron chi connectivity index (χ2n) is 5.24. The summed E-state index contributed by atoms with van der Waals surface area (Å²) < 4.78 is 10.4. The number of carbonyl (C=O) groups excluding carboxylic acids is 1. The Morgan fingerprint density at radius 1 is 1.45 bits per heavy atom. The van der Waals surface area contributed by atoms with E-state index in [0.29, 0.717) is 17.6 Å². The highest BCUT2D eigenvalue weighted by Crippen LogP contribution is 2.40. The molecule has 0 atom stereocenters. The largest absolute Gasteiger partial charge is 0.459 e. The molecule has 1 saturated carbocycles. The Balaban J connectivity index is 1.56. The van der Waals surface area contributed by atoms with Crippen LogP contribution in [-0.4, -0.2) is 16.0 Å². The highest BCUT2D eigenvalue weighted by molar-refractivity contribution is 7.16. The summed E-state index contributed by atoms with van der Waals surface area (Å²) in [7, 11) is 0. The molecule has 7 heteroatoms. The lowest BCUT2D eigenvalue weighted by molar-refractivity contribution is 0.0996. The van der Waals surface area contributed by atoms with Crippen molar-refractivity contribution >= 4 is 22.9 Å². The van der Waals surface area contributed by atoms with E-state index in [1.54, 1.807) is 12.1 Å². The Bertz CT molecular complexity index is 815. The van der Waals surface area contributed by atoms with Crippen molar-refractivity contribution in [2.75, 3.05) is 5.32 Å². The summed E-state index contributed by atoms with van der Waals surface area (Å²) in [5.74, 6) is 1.73. The minimum absolute atomic E-state index is 0.274. The Hall–Kier alpha value is -2.41. The second kappa shape index (κ2) is 5.10. The molecule has 6 nitrogen and oxygen atoms in total. The zero-order valence-corrected chi connectivity index (χ0v) is 12.6. The number of nitrogens with zero attached hydrogens (tertiary/aromatic N) is 2. The summed E-state index contributed by atoms with van der Waals surface area (Å²) >= 11 is 1.52. The Kier molecular flexibility index (Phi) is 3.07. The van der Waals surface area contributed by atoms with E-state index in [1.165, 1.54) is 17.6 Å². The number of nitrogens with one attached hydrogen (secondary N) is 1. The molecule has 3 aromatic heterocycles. The third-order valence-electron chi connectivity index (χ3n) is 3.50. The highest BCUT2D eigenvalue weighted by atomic mass is 32.1. The van der Waals surface area contributed by atoms with Gasteiger partial charge in [0.05, 0.1) is 16.8 Å². The van der Waals surface area contributed by atoms with E-state index in [4.69, 9.17) is 8.94 Å². The average Bonchev–Trinajstić information content (AvgIpc) is 2.96. The molecule has 0 saturated heterocycles. The zero-order chi connectivity index (χ0) is 15.1. The molecule has 3 heterocycles. The monoisotopic (exact) mass is 315 g/mol. The molecule has 0 aliphatic heterocycles. The fraction of sp³-hybridized carbons (Fsp3) is 0.267. The van der Waals surface area contributed by atoms with Crippen molar-refractivity contribution in [1.29, 1.82) is 0 Å². The summed E-state index contributed by atoms with van der Waals surface area (Å²) in [6, 6.07) is 5.17. The molecule has 1 N–H and O–H groups in total. The molecule has 4 rings (SSSR count). The molecule has 0 bridgehead atoms. The average molecular weight is 315 g/mol. The van der Waals surface area contributed by atoms with E-state index in [2.05, 4.69) is 15.5 Å². The highest BCUT2D eigenvalue weighted by Gasteiger charge is 2.30.